The van der Waals surface area contributed by atoms with Gasteiger partial charge in [0.2, 0.25) is 17.7 Å². The normalized spacial score (nSPS) is 17.5. The standard InChI is InChI=1S/C40H59N5O8/c1-28(2)22-34(42-37(50)33(17-16-31-12-8-6-9-13-31)41-35(48)25-45-18-20-53-21-19-45)38(51)43-39(27-47,24-32-14-10-7-11-15-32)44-40(52,23-29(3)4)36(49)30(5)26-46/h6-15,27-30,33-34,44,46,52H,16-26H2,1-5H3,(H,41,48)(H,42,50)(H,43,51)/t30-,33+,34+,39-,40+/m1/s1. The quantitative estimate of drug-likeness (QED) is 0.0769. The highest BCUT2D eigenvalue weighted by molar-refractivity contribution is 5.94. The molecule has 0 aromatic heterocycles. The maximum Gasteiger partial charge on any atom is 0.244 e. The maximum atomic E-state index is 14.3. The van der Waals surface area contributed by atoms with Gasteiger partial charge in [0, 0.05) is 25.4 Å². The van der Waals surface area contributed by atoms with E-state index in [4.69, 9.17) is 4.74 Å². The van der Waals surface area contributed by atoms with Crippen molar-refractivity contribution < 1.29 is 38.9 Å². The van der Waals surface area contributed by atoms with Crippen LogP contribution in [-0.4, -0.2) is 108 Å². The molecular formula is C40H59N5O8. The van der Waals surface area contributed by atoms with E-state index in [1.807, 2.05) is 49.1 Å². The topological polar surface area (TPSA) is 186 Å². The Labute approximate surface area is 313 Å². The zero-order valence-corrected chi connectivity index (χ0v) is 31.8. The second-order valence-electron chi connectivity index (χ2n) is 15.0. The fourth-order valence-corrected chi connectivity index (χ4v) is 6.51. The van der Waals surface area contributed by atoms with E-state index in [1.165, 1.54) is 6.92 Å². The molecule has 13 heteroatoms. The van der Waals surface area contributed by atoms with Crippen molar-refractivity contribution in [3.63, 3.8) is 0 Å². The molecule has 0 spiro atoms. The molecule has 1 heterocycles. The van der Waals surface area contributed by atoms with Crippen LogP contribution in [0, 0.1) is 17.8 Å². The van der Waals surface area contributed by atoms with Crippen LogP contribution >= 0.6 is 0 Å². The van der Waals surface area contributed by atoms with Crippen LogP contribution in [0.5, 0.6) is 0 Å². The number of aryl methyl sites for hydroxylation is 1. The number of aldehydes is 1. The lowest BCUT2D eigenvalue weighted by atomic mass is 9.87. The van der Waals surface area contributed by atoms with Crippen LogP contribution in [0.2, 0.25) is 0 Å². The summed E-state index contributed by atoms with van der Waals surface area (Å²) < 4.78 is 5.39. The molecule has 0 unspecified atom stereocenters. The zero-order chi connectivity index (χ0) is 39.0. The van der Waals surface area contributed by atoms with Gasteiger partial charge in [0.05, 0.1) is 26.4 Å². The van der Waals surface area contributed by atoms with Gasteiger partial charge in [-0.05, 0) is 48.6 Å². The van der Waals surface area contributed by atoms with E-state index in [0.717, 1.165) is 5.56 Å². The van der Waals surface area contributed by atoms with E-state index in [9.17, 15) is 34.2 Å². The Balaban J connectivity index is 1.93. The number of Topliss-reactive ketones (excluding diaryl/α,β-unsaturated/α-hetero) is 1. The van der Waals surface area contributed by atoms with Crippen molar-refractivity contribution in [3.8, 4) is 0 Å². The van der Waals surface area contributed by atoms with E-state index >= 15 is 0 Å². The molecule has 0 bridgehead atoms. The van der Waals surface area contributed by atoms with Gasteiger partial charge in [-0.2, -0.15) is 0 Å². The van der Waals surface area contributed by atoms with Crippen molar-refractivity contribution in [2.45, 2.75) is 90.2 Å². The molecule has 53 heavy (non-hydrogen) atoms. The van der Waals surface area contributed by atoms with Crippen molar-refractivity contribution in [1.29, 1.82) is 0 Å². The Bertz CT molecular complexity index is 1470. The number of carbonyl (C=O) groups excluding carboxylic acids is 5. The van der Waals surface area contributed by atoms with Crippen LogP contribution < -0.4 is 21.3 Å². The van der Waals surface area contributed by atoms with Crippen molar-refractivity contribution in [2.75, 3.05) is 39.5 Å². The number of ether oxygens (including phenoxy) is 1. The van der Waals surface area contributed by atoms with Gasteiger partial charge in [-0.3, -0.25) is 34.2 Å². The number of morpholine rings is 1. The van der Waals surface area contributed by atoms with Gasteiger partial charge in [-0.1, -0.05) is 95.3 Å². The number of benzene rings is 2. The third-order valence-electron chi connectivity index (χ3n) is 9.16. The molecule has 5 atom stereocenters. The van der Waals surface area contributed by atoms with Crippen molar-refractivity contribution in [1.82, 2.24) is 26.2 Å². The molecular weight excluding hydrogens is 678 g/mol. The van der Waals surface area contributed by atoms with Crippen molar-refractivity contribution in [2.24, 2.45) is 17.8 Å². The minimum atomic E-state index is -2.30. The summed E-state index contributed by atoms with van der Waals surface area (Å²) in [4.78, 5) is 70.2. The van der Waals surface area contributed by atoms with Crippen LogP contribution in [0.15, 0.2) is 60.7 Å². The van der Waals surface area contributed by atoms with Crippen LogP contribution in [0.25, 0.3) is 0 Å². The van der Waals surface area contributed by atoms with Crippen molar-refractivity contribution >= 4 is 29.8 Å². The van der Waals surface area contributed by atoms with E-state index in [0.29, 0.717) is 44.6 Å². The van der Waals surface area contributed by atoms with Gasteiger partial charge in [0.1, 0.15) is 12.1 Å². The monoisotopic (exact) mass is 737 g/mol. The molecule has 3 amide bonds. The Hall–Kier alpha value is -4.01. The lowest BCUT2D eigenvalue weighted by molar-refractivity contribution is -0.154. The molecule has 1 aliphatic rings. The zero-order valence-electron chi connectivity index (χ0n) is 31.8. The molecule has 1 fully saturated rings. The molecule has 2 aromatic carbocycles. The molecule has 13 nitrogen and oxygen atoms in total. The number of nitrogens with zero attached hydrogens (tertiary/aromatic N) is 1. The van der Waals surface area contributed by atoms with Crippen LogP contribution in [-0.2, 0) is 41.6 Å². The fraction of sp³-hybridized carbons (Fsp3) is 0.575. The summed E-state index contributed by atoms with van der Waals surface area (Å²) in [6, 6.07) is 16.2. The van der Waals surface area contributed by atoms with Gasteiger partial charge in [-0.15, -0.1) is 0 Å². The molecule has 0 saturated carbocycles. The molecule has 1 aliphatic heterocycles. The Morgan fingerprint density at radius 2 is 1.45 bits per heavy atom. The number of aliphatic hydroxyl groups excluding tert-OH is 1. The second-order valence-corrected chi connectivity index (χ2v) is 15.0. The first-order valence-electron chi connectivity index (χ1n) is 18.6. The number of amides is 3. The van der Waals surface area contributed by atoms with Crippen LogP contribution in [0.3, 0.4) is 0 Å². The number of ketones is 1. The molecule has 292 valence electrons. The summed E-state index contributed by atoms with van der Waals surface area (Å²) in [5.41, 5.74) is -2.71. The summed E-state index contributed by atoms with van der Waals surface area (Å²) in [6.07, 6.45) is 1.12. The van der Waals surface area contributed by atoms with Crippen LogP contribution in [0.4, 0.5) is 0 Å². The van der Waals surface area contributed by atoms with Gasteiger partial charge in [0.15, 0.2) is 23.5 Å². The number of nitrogens with one attached hydrogen (secondary N) is 4. The van der Waals surface area contributed by atoms with Gasteiger partial charge in [-0.25, -0.2) is 0 Å². The predicted molar refractivity (Wildman–Crippen MR) is 201 cm³/mol. The summed E-state index contributed by atoms with van der Waals surface area (Å²) in [6.45, 7) is 10.6. The predicted octanol–water partition coefficient (Wildman–Crippen LogP) is 1.74. The third-order valence-corrected chi connectivity index (χ3v) is 9.16. The van der Waals surface area contributed by atoms with Gasteiger partial charge < -0.3 is 30.9 Å². The highest BCUT2D eigenvalue weighted by Gasteiger charge is 2.47. The first-order valence-corrected chi connectivity index (χ1v) is 18.6. The van der Waals surface area contributed by atoms with E-state index in [-0.39, 0.29) is 50.0 Å². The minimum Gasteiger partial charge on any atom is -0.396 e. The lowest BCUT2D eigenvalue weighted by Gasteiger charge is -2.41. The summed E-state index contributed by atoms with van der Waals surface area (Å²) in [7, 11) is 0. The number of hydrogen-bond acceptors (Lipinski definition) is 10. The number of aliphatic hydroxyl groups is 2. The molecule has 3 rings (SSSR count). The smallest absolute Gasteiger partial charge is 0.244 e. The Morgan fingerprint density at radius 3 is 2.00 bits per heavy atom. The van der Waals surface area contributed by atoms with Crippen molar-refractivity contribution in [3.05, 3.63) is 71.8 Å². The highest BCUT2D eigenvalue weighted by atomic mass is 16.5. The Kier molecular flexibility index (Phi) is 17.2. The lowest BCUT2D eigenvalue weighted by Crippen LogP contribution is -2.72. The van der Waals surface area contributed by atoms with E-state index < -0.39 is 53.6 Å². The number of carbonyl (C=O) groups is 5. The largest absolute Gasteiger partial charge is 0.396 e. The molecule has 2 aromatic rings. The molecule has 0 radical (unpaired) electrons. The number of rotatable bonds is 22. The highest BCUT2D eigenvalue weighted by Crippen LogP contribution is 2.24. The molecule has 6 N–H and O–H groups in total. The van der Waals surface area contributed by atoms with Gasteiger partial charge in [0.25, 0.3) is 0 Å². The SMILES string of the molecule is CC(C)C[C@H](NC(=O)[C@H](CCc1ccccc1)NC(=O)CN1CCOCC1)C(=O)N[C@](C=O)(Cc1ccccc1)N[C@](O)(CC(C)C)C(=O)[C@H](C)CO. The first kappa shape index (κ1) is 43.4. The summed E-state index contributed by atoms with van der Waals surface area (Å²) >= 11 is 0. The Morgan fingerprint density at radius 1 is 0.849 bits per heavy atom. The minimum absolute atomic E-state index is 0.0812. The molecule has 1 saturated heterocycles. The first-order chi connectivity index (χ1) is 25.2. The average molecular weight is 738 g/mol. The van der Waals surface area contributed by atoms with E-state index in [1.54, 1.807) is 44.2 Å². The molecule has 0 aliphatic carbocycles. The van der Waals surface area contributed by atoms with Gasteiger partial charge >= 0.3 is 0 Å². The summed E-state index contributed by atoms with van der Waals surface area (Å²) in [5, 5.41) is 33.0. The number of hydrogen-bond donors (Lipinski definition) is 6. The van der Waals surface area contributed by atoms with E-state index in [2.05, 4.69) is 21.3 Å². The maximum absolute atomic E-state index is 14.3. The van der Waals surface area contributed by atoms with Crippen LogP contribution in [0.1, 0.15) is 65.0 Å². The summed E-state index contributed by atoms with van der Waals surface area (Å²) in [5.74, 6) is -3.62. The third kappa shape index (κ3) is 14.1. The average Bonchev–Trinajstić information content (AvgIpc) is 3.12. The fourth-order valence-electron chi connectivity index (χ4n) is 6.51. The second kappa shape index (κ2) is 21.0.